The van der Waals surface area contributed by atoms with E-state index in [0.29, 0.717) is 5.56 Å². The molecule has 9 heteroatoms. The van der Waals surface area contributed by atoms with E-state index in [1.165, 1.54) is 24.4 Å². The summed E-state index contributed by atoms with van der Waals surface area (Å²) in [6.07, 6.45) is -3.12. The summed E-state index contributed by atoms with van der Waals surface area (Å²) in [4.78, 5) is 25.8. The normalized spacial score (nSPS) is 11.0. The van der Waals surface area contributed by atoms with E-state index >= 15 is 0 Å². The third kappa shape index (κ3) is 4.45. The number of nitrogens with zero attached hydrogens (tertiary/aromatic N) is 1. The van der Waals surface area contributed by atoms with Crippen molar-refractivity contribution >= 4 is 11.8 Å². The molecule has 2 rings (SSSR count). The minimum Gasteiger partial charge on any atom is -0.439 e. The number of carbonyl (C=O) groups is 2. The Morgan fingerprint density at radius 2 is 1.96 bits per heavy atom. The zero-order valence-electron chi connectivity index (χ0n) is 12.1. The first-order valence-corrected chi connectivity index (χ1v) is 6.64. The number of nitrogens with one attached hydrogen (secondary N) is 1. The molecule has 1 heterocycles. The third-order valence-electron chi connectivity index (χ3n) is 2.89. The van der Waals surface area contributed by atoms with Crippen molar-refractivity contribution in [2.45, 2.75) is 12.7 Å². The van der Waals surface area contributed by atoms with Crippen molar-refractivity contribution in [3.05, 3.63) is 53.7 Å². The molecule has 0 saturated heterocycles. The van der Waals surface area contributed by atoms with E-state index in [9.17, 15) is 22.8 Å². The largest absolute Gasteiger partial charge is 0.439 e. The van der Waals surface area contributed by atoms with Gasteiger partial charge in [-0.15, -0.1) is 0 Å². The molecule has 0 fully saturated rings. The topological polar surface area (TPSA) is 94.3 Å². The summed E-state index contributed by atoms with van der Waals surface area (Å²) in [6.45, 7) is -0.121. The summed E-state index contributed by atoms with van der Waals surface area (Å²) in [6, 6.07) is 7.38. The maximum Gasteiger partial charge on any atom is 0.416 e. The molecule has 1 aromatic carbocycles. The van der Waals surface area contributed by atoms with E-state index in [2.05, 4.69) is 10.3 Å². The second-order valence-electron chi connectivity index (χ2n) is 4.64. The lowest BCUT2D eigenvalue weighted by Gasteiger charge is -2.12. The lowest BCUT2D eigenvalue weighted by atomic mass is 10.2. The number of halogens is 3. The highest BCUT2D eigenvalue weighted by Gasteiger charge is 2.30. The van der Waals surface area contributed by atoms with Crippen molar-refractivity contribution in [3.63, 3.8) is 0 Å². The van der Waals surface area contributed by atoms with Gasteiger partial charge in [0.25, 0.3) is 0 Å². The summed E-state index contributed by atoms with van der Waals surface area (Å²) in [5, 5.41) is 2.25. The highest BCUT2D eigenvalue weighted by molar-refractivity contribution is 6.34. The fourth-order valence-electron chi connectivity index (χ4n) is 1.76. The minimum atomic E-state index is -4.50. The summed E-state index contributed by atoms with van der Waals surface area (Å²) >= 11 is 0. The molecule has 0 atom stereocenters. The Bertz CT molecular complexity index is 763. The number of aromatic nitrogens is 1. The highest BCUT2D eigenvalue weighted by Crippen LogP contribution is 2.32. The van der Waals surface area contributed by atoms with Gasteiger partial charge in [-0.05, 0) is 24.3 Å². The van der Waals surface area contributed by atoms with Gasteiger partial charge in [-0.25, -0.2) is 4.98 Å². The van der Waals surface area contributed by atoms with Crippen molar-refractivity contribution in [2.75, 3.05) is 0 Å². The van der Waals surface area contributed by atoms with Crippen LogP contribution in [0.5, 0.6) is 11.6 Å². The fourth-order valence-corrected chi connectivity index (χ4v) is 1.76. The van der Waals surface area contributed by atoms with E-state index in [1.807, 2.05) is 0 Å². The predicted molar refractivity (Wildman–Crippen MR) is 76.8 cm³/mol. The van der Waals surface area contributed by atoms with E-state index in [-0.39, 0.29) is 18.2 Å². The quantitative estimate of drug-likeness (QED) is 0.833. The molecule has 3 N–H and O–H groups in total. The number of amides is 2. The number of hydrogen-bond acceptors (Lipinski definition) is 4. The maximum atomic E-state index is 12.7. The summed E-state index contributed by atoms with van der Waals surface area (Å²) in [7, 11) is 0. The maximum absolute atomic E-state index is 12.7. The van der Waals surface area contributed by atoms with Gasteiger partial charge in [-0.2, -0.15) is 13.2 Å². The van der Waals surface area contributed by atoms with Gasteiger partial charge in [0.1, 0.15) is 5.75 Å². The third-order valence-corrected chi connectivity index (χ3v) is 2.89. The average molecular weight is 339 g/mol. The summed E-state index contributed by atoms with van der Waals surface area (Å²) < 4.78 is 43.5. The minimum absolute atomic E-state index is 0.00148. The van der Waals surface area contributed by atoms with Gasteiger partial charge in [-0.1, -0.05) is 12.1 Å². The molecule has 24 heavy (non-hydrogen) atoms. The first-order chi connectivity index (χ1) is 11.3. The van der Waals surface area contributed by atoms with E-state index < -0.39 is 23.6 Å². The van der Waals surface area contributed by atoms with E-state index in [1.54, 1.807) is 6.07 Å². The number of nitrogens with two attached hydrogens (primary N) is 1. The lowest BCUT2D eigenvalue weighted by Crippen LogP contribution is -2.35. The van der Waals surface area contributed by atoms with Gasteiger partial charge in [0.05, 0.1) is 5.56 Å². The summed E-state index contributed by atoms with van der Waals surface area (Å²) in [5.74, 6) is -2.21. The first-order valence-electron chi connectivity index (χ1n) is 6.64. The van der Waals surface area contributed by atoms with Crippen molar-refractivity contribution < 1.29 is 27.5 Å². The van der Waals surface area contributed by atoms with Crippen LogP contribution in [-0.2, 0) is 22.3 Å². The number of pyridine rings is 1. The van der Waals surface area contributed by atoms with Gasteiger partial charge >= 0.3 is 18.0 Å². The van der Waals surface area contributed by atoms with Crippen LogP contribution in [0.2, 0.25) is 0 Å². The molecule has 2 amide bonds. The first kappa shape index (κ1) is 17.3. The monoisotopic (exact) mass is 339 g/mol. The Balaban J connectivity index is 2.19. The molecular weight excluding hydrogens is 327 g/mol. The zero-order valence-corrected chi connectivity index (χ0v) is 12.1. The molecule has 0 unspecified atom stereocenters. The van der Waals surface area contributed by atoms with Crippen molar-refractivity contribution in [1.29, 1.82) is 0 Å². The number of carbonyl (C=O) groups excluding carboxylic acids is 2. The molecule has 0 aliphatic carbocycles. The van der Waals surface area contributed by atoms with Gasteiger partial charge in [0.2, 0.25) is 5.88 Å². The van der Waals surface area contributed by atoms with Crippen LogP contribution >= 0.6 is 0 Å². The molecule has 0 spiro atoms. The molecule has 0 saturated carbocycles. The van der Waals surface area contributed by atoms with Crippen LogP contribution in [0.4, 0.5) is 13.2 Å². The summed E-state index contributed by atoms with van der Waals surface area (Å²) in [5.41, 5.74) is 4.32. The molecule has 0 aliphatic rings. The molecule has 2 aromatic rings. The van der Waals surface area contributed by atoms with Crippen LogP contribution < -0.4 is 15.8 Å². The SMILES string of the molecule is NC(=O)C(=O)NCc1cccnc1Oc1cccc(C(F)(F)F)c1. The van der Waals surface area contributed by atoms with Crippen molar-refractivity contribution in [2.24, 2.45) is 5.73 Å². The number of benzene rings is 1. The second kappa shape index (κ2) is 6.99. The van der Waals surface area contributed by atoms with Crippen LogP contribution in [0.1, 0.15) is 11.1 Å². The van der Waals surface area contributed by atoms with E-state index in [4.69, 9.17) is 10.5 Å². The van der Waals surface area contributed by atoms with Gasteiger partial charge in [0.15, 0.2) is 0 Å². The number of rotatable bonds is 4. The van der Waals surface area contributed by atoms with Crippen LogP contribution in [0.15, 0.2) is 42.6 Å². The second-order valence-corrected chi connectivity index (χ2v) is 4.64. The number of alkyl halides is 3. The standard InChI is InChI=1S/C15H12F3N3O3/c16-15(17,18)10-4-1-5-11(7-10)24-14-9(3-2-6-20-14)8-21-13(23)12(19)22/h1-7H,8H2,(H2,19,22)(H,21,23). The number of ether oxygens (including phenoxy) is 1. The van der Waals surface area contributed by atoms with Crippen molar-refractivity contribution in [3.8, 4) is 11.6 Å². The van der Waals surface area contributed by atoms with Crippen LogP contribution in [-0.4, -0.2) is 16.8 Å². The smallest absolute Gasteiger partial charge is 0.416 e. The lowest BCUT2D eigenvalue weighted by molar-refractivity contribution is -0.137. The Hall–Kier alpha value is -3.10. The van der Waals surface area contributed by atoms with Gasteiger partial charge < -0.3 is 15.8 Å². The molecule has 0 aliphatic heterocycles. The molecule has 0 bridgehead atoms. The van der Waals surface area contributed by atoms with Gasteiger partial charge in [0, 0.05) is 18.3 Å². The molecule has 1 aromatic heterocycles. The average Bonchev–Trinajstić information content (AvgIpc) is 2.53. The fraction of sp³-hybridized carbons (Fsp3) is 0.133. The molecule has 0 radical (unpaired) electrons. The predicted octanol–water partition coefficient (Wildman–Crippen LogP) is 1.99. The molecular formula is C15H12F3N3O3. The van der Waals surface area contributed by atoms with Crippen molar-refractivity contribution in [1.82, 2.24) is 10.3 Å². The van der Waals surface area contributed by atoms with Crippen LogP contribution in [0, 0.1) is 0 Å². The van der Waals surface area contributed by atoms with Gasteiger partial charge in [-0.3, -0.25) is 9.59 Å². The number of primary amides is 1. The van der Waals surface area contributed by atoms with E-state index in [0.717, 1.165) is 12.1 Å². The Labute approximate surface area is 134 Å². The highest BCUT2D eigenvalue weighted by atomic mass is 19.4. The number of hydrogen-bond donors (Lipinski definition) is 2. The van der Waals surface area contributed by atoms with Crippen LogP contribution in [0.25, 0.3) is 0 Å². The Morgan fingerprint density at radius 3 is 2.62 bits per heavy atom. The Morgan fingerprint density at radius 1 is 1.21 bits per heavy atom. The molecule has 126 valence electrons. The molecule has 6 nitrogen and oxygen atoms in total. The zero-order chi connectivity index (χ0) is 17.7. The van der Waals surface area contributed by atoms with Crippen LogP contribution in [0.3, 0.4) is 0 Å². The Kier molecular flexibility index (Phi) is 5.02.